The van der Waals surface area contributed by atoms with Crippen molar-refractivity contribution in [3.8, 4) is 0 Å². The van der Waals surface area contributed by atoms with Crippen LogP contribution < -0.4 is 11.1 Å². The van der Waals surface area contributed by atoms with Gasteiger partial charge in [-0.15, -0.1) is 0 Å². The molecule has 1 aromatic carbocycles. The minimum absolute atomic E-state index is 0.00692. The molecule has 1 heterocycles. The second-order valence-corrected chi connectivity index (χ2v) is 5.57. The number of benzene rings is 1. The van der Waals surface area contributed by atoms with E-state index >= 15 is 0 Å². The molecule has 0 radical (unpaired) electrons. The Balaban J connectivity index is 1.45. The van der Waals surface area contributed by atoms with Crippen LogP contribution in [0.5, 0.6) is 0 Å². The summed E-state index contributed by atoms with van der Waals surface area (Å²) in [4.78, 5) is 13.9. The third-order valence-corrected chi connectivity index (χ3v) is 3.85. The van der Waals surface area contributed by atoms with Gasteiger partial charge in [-0.05, 0) is 30.9 Å². The molecule has 3 N–H and O–H groups in total. The Morgan fingerprint density at radius 3 is 2.61 bits per heavy atom. The molecule has 0 atom stereocenters. The second kappa shape index (κ2) is 4.37. The van der Waals surface area contributed by atoms with Crippen molar-refractivity contribution in [3.63, 3.8) is 0 Å². The van der Waals surface area contributed by atoms with Crippen LogP contribution in [-0.4, -0.2) is 36.0 Å². The van der Waals surface area contributed by atoms with Crippen LogP contribution in [0.2, 0.25) is 0 Å². The molecule has 96 valence electrons. The molecule has 2 fully saturated rings. The fourth-order valence-corrected chi connectivity index (χ4v) is 2.74. The predicted octanol–water partition coefficient (Wildman–Crippen LogP) is 1.05. The van der Waals surface area contributed by atoms with Crippen molar-refractivity contribution in [2.45, 2.75) is 18.4 Å². The van der Waals surface area contributed by atoms with Crippen LogP contribution in [0, 0.1) is 5.92 Å². The van der Waals surface area contributed by atoms with Gasteiger partial charge in [0.05, 0.1) is 6.54 Å². The van der Waals surface area contributed by atoms with E-state index in [4.69, 9.17) is 5.73 Å². The number of hydrogen-bond donors (Lipinski definition) is 2. The van der Waals surface area contributed by atoms with E-state index in [0.29, 0.717) is 12.5 Å². The molecule has 4 heteroatoms. The van der Waals surface area contributed by atoms with Crippen molar-refractivity contribution in [1.29, 1.82) is 0 Å². The maximum atomic E-state index is 11.8. The van der Waals surface area contributed by atoms with E-state index in [1.165, 1.54) is 12.8 Å². The van der Waals surface area contributed by atoms with Crippen LogP contribution >= 0.6 is 0 Å². The van der Waals surface area contributed by atoms with E-state index in [2.05, 4.69) is 10.2 Å². The zero-order chi connectivity index (χ0) is 12.6. The first-order valence-corrected chi connectivity index (χ1v) is 6.52. The number of para-hydroxylation sites is 1. The molecule has 1 saturated heterocycles. The fraction of sp³-hybridized carbons (Fsp3) is 0.500. The van der Waals surface area contributed by atoms with E-state index in [1.54, 1.807) is 0 Å². The predicted molar refractivity (Wildman–Crippen MR) is 71.2 cm³/mol. The van der Waals surface area contributed by atoms with E-state index in [9.17, 15) is 4.79 Å². The van der Waals surface area contributed by atoms with Crippen molar-refractivity contribution in [2.75, 3.05) is 25.0 Å². The number of anilines is 1. The maximum Gasteiger partial charge on any atom is 0.238 e. The molecule has 0 bridgehead atoms. The van der Waals surface area contributed by atoms with E-state index in [1.807, 2.05) is 30.3 Å². The number of carbonyl (C=O) groups excluding carboxylic acids is 1. The molecule has 0 aromatic heterocycles. The first-order chi connectivity index (χ1) is 8.66. The molecular formula is C14H19N3O. The van der Waals surface area contributed by atoms with Gasteiger partial charge >= 0.3 is 0 Å². The molecule has 3 rings (SSSR count). The number of rotatable bonds is 4. The van der Waals surface area contributed by atoms with Crippen molar-refractivity contribution in [1.82, 2.24) is 4.90 Å². The van der Waals surface area contributed by atoms with Gasteiger partial charge in [-0.1, -0.05) is 18.2 Å². The summed E-state index contributed by atoms with van der Waals surface area (Å²) in [6.45, 7) is 2.17. The maximum absolute atomic E-state index is 11.8. The fourth-order valence-electron chi connectivity index (χ4n) is 2.74. The van der Waals surface area contributed by atoms with Crippen LogP contribution in [0.1, 0.15) is 12.8 Å². The van der Waals surface area contributed by atoms with Gasteiger partial charge in [0.25, 0.3) is 0 Å². The van der Waals surface area contributed by atoms with Gasteiger partial charge in [0.15, 0.2) is 0 Å². The molecule has 1 aliphatic heterocycles. The summed E-state index contributed by atoms with van der Waals surface area (Å²) in [5.74, 6) is 0.741. The highest BCUT2D eigenvalue weighted by Gasteiger charge is 2.50. The number of hydrogen-bond acceptors (Lipinski definition) is 3. The lowest BCUT2D eigenvalue weighted by molar-refractivity contribution is -0.119. The van der Waals surface area contributed by atoms with E-state index in [0.717, 1.165) is 18.8 Å². The number of nitrogens with one attached hydrogen (secondary N) is 1. The number of amides is 1. The molecule has 0 spiro atoms. The Hall–Kier alpha value is -1.39. The van der Waals surface area contributed by atoms with Gasteiger partial charge in [0.1, 0.15) is 0 Å². The van der Waals surface area contributed by atoms with Crippen molar-refractivity contribution >= 4 is 11.6 Å². The molecule has 1 amide bonds. The molecule has 1 aromatic rings. The molecule has 2 aliphatic rings. The summed E-state index contributed by atoms with van der Waals surface area (Å²) in [6.07, 6.45) is 2.53. The first-order valence-electron chi connectivity index (χ1n) is 6.52. The Kier molecular flexibility index (Phi) is 2.84. The van der Waals surface area contributed by atoms with Gasteiger partial charge in [0, 0.05) is 24.3 Å². The Morgan fingerprint density at radius 1 is 1.33 bits per heavy atom. The first kappa shape index (κ1) is 11.7. The summed E-state index contributed by atoms with van der Waals surface area (Å²) < 4.78 is 0. The summed E-state index contributed by atoms with van der Waals surface area (Å²) in [5.41, 5.74) is 7.10. The van der Waals surface area contributed by atoms with Crippen LogP contribution in [0.25, 0.3) is 0 Å². The van der Waals surface area contributed by atoms with E-state index in [-0.39, 0.29) is 11.4 Å². The van der Waals surface area contributed by atoms with Crippen LogP contribution in [0.15, 0.2) is 30.3 Å². The highest BCUT2D eigenvalue weighted by Crippen LogP contribution is 2.42. The topological polar surface area (TPSA) is 58.4 Å². The summed E-state index contributed by atoms with van der Waals surface area (Å²) >= 11 is 0. The third-order valence-electron chi connectivity index (χ3n) is 3.85. The Labute approximate surface area is 107 Å². The molecular weight excluding hydrogens is 226 g/mol. The van der Waals surface area contributed by atoms with Crippen LogP contribution in [0.4, 0.5) is 5.69 Å². The van der Waals surface area contributed by atoms with E-state index < -0.39 is 0 Å². The van der Waals surface area contributed by atoms with Crippen LogP contribution in [-0.2, 0) is 4.79 Å². The lowest BCUT2D eigenvalue weighted by Crippen LogP contribution is -2.69. The monoisotopic (exact) mass is 245 g/mol. The number of nitrogens with two attached hydrogens (primary N) is 1. The Bertz CT molecular complexity index is 436. The summed E-state index contributed by atoms with van der Waals surface area (Å²) in [7, 11) is 0. The van der Waals surface area contributed by atoms with Crippen LogP contribution in [0.3, 0.4) is 0 Å². The Morgan fingerprint density at radius 2 is 2.00 bits per heavy atom. The number of nitrogens with zero attached hydrogens (tertiary/aromatic N) is 1. The minimum atomic E-state index is -0.00692. The van der Waals surface area contributed by atoms with Crippen molar-refractivity contribution < 1.29 is 4.79 Å². The third kappa shape index (κ3) is 2.40. The zero-order valence-corrected chi connectivity index (χ0v) is 10.4. The quantitative estimate of drug-likeness (QED) is 0.833. The van der Waals surface area contributed by atoms with Gasteiger partial charge in [-0.3, -0.25) is 9.69 Å². The van der Waals surface area contributed by atoms with Gasteiger partial charge < -0.3 is 11.1 Å². The van der Waals surface area contributed by atoms with Gasteiger partial charge in [-0.25, -0.2) is 0 Å². The average Bonchev–Trinajstić information content (AvgIpc) is 3.12. The van der Waals surface area contributed by atoms with Gasteiger partial charge in [-0.2, -0.15) is 0 Å². The summed E-state index contributed by atoms with van der Waals surface area (Å²) in [5, 5.41) is 2.89. The molecule has 4 nitrogen and oxygen atoms in total. The molecule has 18 heavy (non-hydrogen) atoms. The average molecular weight is 245 g/mol. The van der Waals surface area contributed by atoms with Crippen molar-refractivity contribution in [2.24, 2.45) is 11.7 Å². The standard InChI is InChI=1S/C14H19N3O/c15-14(11-6-7-11)9-17(10-14)8-13(18)16-12-4-2-1-3-5-12/h1-5,11H,6-10,15H2,(H,16,18). The minimum Gasteiger partial charge on any atom is -0.325 e. The lowest BCUT2D eigenvalue weighted by atomic mass is 9.86. The molecule has 0 unspecified atom stereocenters. The second-order valence-electron chi connectivity index (χ2n) is 5.57. The molecule has 1 saturated carbocycles. The molecule has 1 aliphatic carbocycles. The zero-order valence-electron chi connectivity index (χ0n) is 10.4. The SMILES string of the molecule is NC1(C2CC2)CN(CC(=O)Nc2ccccc2)C1. The largest absolute Gasteiger partial charge is 0.325 e. The normalized spacial score (nSPS) is 22.3. The summed E-state index contributed by atoms with van der Waals surface area (Å²) in [6, 6.07) is 9.55. The highest BCUT2D eigenvalue weighted by atomic mass is 16.2. The smallest absolute Gasteiger partial charge is 0.238 e. The number of likely N-dealkylation sites (tertiary alicyclic amines) is 1. The number of carbonyl (C=O) groups is 1. The highest BCUT2D eigenvalue weighted by molar-refractivity contribution is 5.92. The van der Waals surface area contributed by atoms with Gasteiger partial charge in [0.2, 0.25) is 5.91 Å². The lowest BCUT2D eigenvalue weighted by Gasteiger charge is -2.48. The van der Waals surface area contributed by atoms with Crippen molar-refractivity contribution in [3.05, 3.63) is 30.3 Å².